The minimum atomic E-state index is -0.831. The maximum Gasteiger partial charge on any atom is 0.491 e. The van der Waals surface area contributed by atoms with Crippen molar-refractivity contribution in [2.45, 2.75) is 0 Å². The van der Waals surface area contributed by atoms with Gasteiger partial charge in [-0.3, -0.25) is 4.98 Å². The molecule has 0 unspecified atom stereocenters. The Morgan fingerprint density at radius 3 is 2.60 bits per heavy atom. The second-order valence-corrected chi connectivity index (χ2v) is 1.87. The van der Waals surface area contributed by atoms with Crippen molar-refractivity contribution in [3.05, 3.63) is 24.5 Å². The fourth-order valence-corrected chi connectivity index (χ4v) is 0.664. The van der Waals surface area contributed by atoms with Gasteiger partial charge in [0.1, 0.15) is 0 Å². The molecule has 1 aromatic heterocycles. The Bertz CT molecular complexity index is 192. The topological polar surface area (TPSA) is 42.4 Å². The van der Waals surface area contributed by atoms with Crippen LogP contribution in [-0.4, -0.2) is 24.2 Å². The molecule has 1 aromatic rings. The molecule has 3 nitrogen and oxygen atoms in total. The lowest BCUT2D eigenvalue weighted by Gasteiger charge is -2.00. The number of aromatic nitrogens is 1. The monoisotopic (exact) mass is 137 g/mol. The molecule has 0 fully saturated rings. The van der Waals surface area contributed by atoms with Crippen LogP contribution >= 0.6 is 0 Å². The van der Waals surface area contributed by atoms with Crippen LogP contribution < -0.4 is 5.46 Å². The van der Waals surface area contributed by atoms with Crippen molar-refractivity contribution in [2.75, 3.05) is 7.11 Å². The first-order valence-electron chi connectivity index (χ1n) is 2.95. The molecule has 0 aliphatic heterocycles. The molecule has 1 N–H and O–H groups in total. The molecule has 4 heteroatoms. The second kappa shape index (κ2) is 3.34. The van der Waals surface area contributed by atoms with E-state index in [0.717, 1.165) is 5.46 Å². The highest BCUT2D eigenvalue weighted by atomic mass is 16.5. The normalized spacial score (nSPS) is 9.40. The SMILES string of the molecule is COB(O)c1ccncc1. The van der Waals surface area contributed by atoms with Crippen molar-refractivity contribution >= 4 is 12.6 Å². The van der Waals surface area contributed by atoms with Gasteiger partial charge in [-0.1, -0.05) is 0 Å². The van der Waals surface area contributed by atoms with Crippen LogP contribution in [0.2, 0.25) is 0 Å². The standard InChI is InChI=1S/C6H8BNO2/c1-10-7(9)6-2-4-8-5-3-6/h2-5,9H,1H3. The van der Waals surface area contributed by atoms with Crippen LogP contribution in [0.3, 0.4) is 0 Å². The lowest BCUT2D eigenvalue weighted by molar-refractivity contribution is 0.341. The van der Waals surface area contributed by atoms with E-state index in [0.29, 0.717) is 0 Å². The molecule has 1 heterocycles. The fraction of sp³-hybridized carbons (Fsp3) is 0.167. The molecule has 0 aliphatic carbocycles. The van der Waals surface area contributed by atoms with Gasteiger partial charge in [0, 0.05) is 19.5 Å². The molecule has 10 heavy (non-hydrogen) atoms. The maximum absolute atomic E-state index is 9.08. The van der Waals surface area contributed by atoms with Crippen molar-refractivity contribution < 1.29 is 9.68 Å². The largest absolute Gasteiger partial charge is 0.491 e. The van der Waals surface area contributed by atoms with Crippen molar-refractivity contribution in [1.82, 2.24) is 4.98 Å². The maximum atomic E-state index is 9.08. The summed E-state index contributed by atoms with van der Waals surface area (Å²) < 4.78 is 4.66. The molecule has 0 bridgehead atoms. The minimum absolute atomic E-state index is 0.720. The van der Waals surface area contributed by atoms with E-state index in [9.17, 15) is 0 Å². The molecule has 52 valence electrons. The molecule has 0 saturated heterocycles. The summed E-state index contributed by atoms with van der Waals surface area (Å²) in [7, 11) is 0.619. The molecule has 0 spiro atoms. The van der Waals surface area contributed by atoms with Crippen molar-refractivity contribution in [1.29, 1.82) is 0 Å². The summed E-state index contributed by atoms with van der Waals surface area (Å²) in [5, 5.41) is 9.08. The van der Waals surface area contributed by atoms with E-state index in [1.807, 2.05) is 0 Å². The zero-order chi connectivity index (χ0) is 7.40. The molecule has 0 amide bonds. The molecular weight excluding hydrogens is 129 g/mol. The van der Waals surface area contributed by atoms with Gasteiger partial charge >= 0.3 is 7.12 Å². The summed E-state index contributed by atoms with van der Waals surface area (Å²) in [4.78, 5) is 3.80. The Morgan fingerprint density at radius 1 is 1.50 bits per heavy atom. The van der Waals surface area contributed by atoms with Crippen LogP contribution in [0.5, 0.6) is 0 Å². The van der Waals surface area contributed by atoms with Crippen molar-refractivity contribution in [2.24, 2.45) is 0 Å². The van der Waals surface area contributed by atoms with Gasteiger partial charge in [-0.05, 0) is 17.6 Å². The highest BCUT2D eigenvalue weighted by Crippen LogP contribution is 1.81. The fourth-order valence-electron chi connectivity index (χ4n) is 0.664. The molecule has 1 rings (SSSR count). The summed E-state index contributed by atoms with van der Waals surface area (Å²) in [5.74, 6) is 0. The third kappa shape index (κ3) is 1.56. The summed E-state index contributed by atoms with van der Waals surface area (Å²) in [6.07, 6.45) is 3.22. The third-order valence-electron chi connectivity index (χ3n) is 1.21. The highest BCUT2D eigenvalue weighted by molar-refractivity contribution is 6.59. The Hall–Kier alpha value is -0.865. The average Bonchev–Trinajstić information content (AvgIpc) is 2.05. The van der Waals surface area contributed by atoms with Crippen molar-refractivity contribution in [3.8, 4) is 0 Å². The van der Waals surface area contributed by atoms with E-state index in [1.54, 1.807) is 24.5 Å². The molecule has 0 saturated carbocycles. The number of hydrogen-bond acceptors (Lipinski definition) is 3. The smallest absolute Gasteiger partial charge is 0.423 e. The quantitative estimate of drug-likeness (QED) is 0.554. The van der Waals surface area contributed by atoms with Gasteiger partial charge < -0.3 is 9.68 Å². The summed E-state index contributed by atoms with van der Waals surface area (Å²) in [6, 6.07) is 3.41. The van der Waals surface area contributed by atoms with E-state index in [2.05, 4.69) is 9.64 Å². The van der Waals surface area contributed by atoms with Crippen LogP contribution in [0.1, 0.15) is 0 Å². The lowest BCUT2D eigenvalue weighted by atomic mass is 9.81. The number of pyridine rings is 1. The first-order chi connectivity index (χ1) is 4.84. The molecule has 0 atom stereocenters. The Balaban J connectivity index is 2.75. The van der Waals surface area contributed by atoms with E-state index >= 15 is 0 Å². The lowest BCUT2D eigenvalue weighted by Crippen LogP contribution is -2.32. The van der Waals surface area contributed by atoms with Crippen LogP contribution in [0, 0.1) is 0 Å². The van der Waals surface area contributed by atoms with Gasteiger partial charge in [0.25, 0.3) is 0 Å². The molecular formula is C6H8BNO2. The molecule has 0 aromatic carbocycles. The summed E-state index contributed by atoms with van der Waals surface area (Å²) in [5.41, 5.74) is 0.720. The first kappa shape index (κ1) is 7.24. The average molecular weight is 137 g/mol. The first-order valence-corrected chi connectivity index (χ1v) is 2.95. The molecule has 0 aliphatic rings. The summed E-state index contributed by atoms with van der Waals surface area (Å²) >= 11 is 0. The predicted octanol–water partition coefficient (Wildman–Crippen LogP) is -0.585. The summed E-state index contributed by atoms with van der Waals surface area (Å²) in [6.45, 7) is 0. The second-order valence-electron chi connectivity index (χ2n) is 1.87. The number of rotatable bonds is 2. The van der Waals surface area contributed by atoms with Gasteiger partial charge in [0.15, 0.2) is 0 Å². The van der Waals surface area contributed by atoms with Crippen molar-refractivity contribution in [3.63, 3.8) is 0 Å². The number of hydrogen-bond donors (Lipinski definition) is 1. The zero-order valence-electron chi connectivity index (χ0n) is 5.69. The van der Waals surface area contributed by atoms with E-state index in [1.165, 1.54) is 7.11 Å². The van der Waals surface area contributed by atoms with E-state index in [-0.39, 0.29) is 0 Å². The van der Waals surface area contributed by atoms with E-state index < -0.39 is 7.12 Å². The van der Waals surface area contributed by atoms with E-state index in [4.69, 9.17) is 5.02 Å². The third-order valence-corrected chi connectivity index (χ3v) is 1.21. The van der Waals surface area contributed by atoms with Gasteiger partial charge in [-0.2, -0.15) is 0 Å². The Kier molecular flexibility index (Phi) is 2.42. The van der Waals surface area contributed by atoms with Crippen LogP contribution in [0.15, 0.2) is 24.5 Å². The Labute approximate surface area is 59.8 Å². The Morgan fingerprint density at radius 2 is 2.10 bits per heavy atom. The van der Waals surface area contributed by atoms with Gasteiger partial charge in [-0.25, -0.2) is 0 Å². The van der Waals surface area contributed by atoms with Crippen LogP contribution in [-0.2, 0) is 4.65 Å². The molecule has 0 radical (unpaired) electrons. The minimum Gasteiger partial charge on any atom is -0.423 e. The van der Waals surface area contributed by atoms with Crippen LogP contribution in [0.4, 0.5) is 0 Å². The van der Waals surface area contributed by atoms with Gasteiger partial charge in [0.05, 0.1) is 0 Å². The van der Waals surface area contributed by atoms with Gasteiger partial charge in [0.2, 0.25) is 0 Å². The predicted molar refractivity (Wildman–Crippen MR) is 38.9 cm³/mol. The zero-order valence-corrected chi connectivity index (χ0v) is 5.69. The highest BCUT2D eigenvalue weighted by Gasteiger charge is 2.12. The van der Waals surface area contributed by atoms with Crippen LogP contribution in [0.25, 0.3) is 0 Å². The van der Waals surface area contributed by atoms with Gasteiger partial charge in [-0.15, -0.1) is 0 Å². The number of nitrogens with zero attached hydrogens (tertiary/aromatic N) is 1.